The molecule has 0 fully saturated rings. The summed E-state index contributed by atoms with van der Waals surface area (Å²) in [7, 11) is -3.46. The second-order valence-corrected chi connectivity index (χ2v) is 9.52. The molecular formula is C23H30N4O3S. The number of nitrogens with one attached hydrogen (secondary N) is 1. The molecule has 0 spiro atoms. The maximum atomic E-state index is 12.7. The SMILES string of the molecule is CCN(CC)S(=O)(=O)c1ccc(C(C)NC(C)c2nnc(-c3ccc(C)cc3)o2)cc1. The number of hydrogen-bond acceptors (Lipinski definition) is 6. The molecule has 1 N–H and O–H groups in total. The molecule has 1 aromatic heterocycles. The van der Waals surface area contributed by atoms with Crippen LogP contribution in [0.5, 0.6) is 0 Å². The molecule has 0 saturated heterocycles. The summed E-state index contributed by atoms with van der Waals surface area (Å²) in [4.78, 5) is 0.305. The quantitative estimate of drug-likeness (QED) is 0.525. The molecule has 7 nitrogen and oxygen atoms in total. The van der Waals surface area contributed by atoms with Gasteiger partial charge in [-0.15, -0.1) is 10.2 Å². The lowest BCUT2D eigenvalue weighted by molar-refractivity contribution is 0.395. The van der Waals surface area contributed by atoms with Gasteiger partial charge in [0.1, 0.15) is 0 Å². The molecule has 2 aromatic carbocycles. The number of hydrogen-bond donors (Lipinski definition) is 1. The Morgan fingerprint density at radius 1 is 0.935 bits per heavy atom. The van der Waals surface area contributed by atoms with E-state index in [2.05, 4.69) is 15.5 Å². The summed E-state index contributed by atoms with van der Waals surface area (Å²) >= 11 is 0. The molecule has 0 bridgehead atoms. The molecule has 3 aromatic rings. The molecule has 3 rings (SSSR count). The van der Waals surface area contributed by atoms with E-state index in [-0.39, 0.29) is 12.1 Å². The number of rotatable bonds is 9. The Hall–Kier alpha value is -2.55. The van der Waals surface area contributed by atoms with Crippen molar-refractivity contribution in [1.82, 2.24) is 19.8 Å². The molecule has 0 aliphatic heterocycles. The number of benzene rings is 2. The van der Waals surface area contributed by atoms with Crippen molar-refractivity contribution in [2.24, 2.45) is 0 Å². The van der Waals surface area contributed by atoms with Gasteiger partial charge in [-0.05, 0) is 50.6 Å². The number of aryl methyl sites for hydroxylation is 1. The molecule has 0 saturated carbocycles. The zero-order valence-electron chi connectivity index (χ0n) is 18.7. The van der Waals surface area contributed by atoms with Crippen molar-refractivity contribution < 1.29 is 12.8 Å². The highest BCUT2D eigenvalue weighted by Gasteiger charge is 2.22. The number of aromatic nitrogens is 2. The third kappa shape index (κ3) is 5.20. The molecule has 1 heterocycles. The van der Waals surface area contributed by atoms with Crippen LogP contribution < -0.4 is 5.32 Å². The molecule has 0 aliphatic carbocycles. The summed E-state index contributed by atoms with van der Waals surface area (Å²) in [6.07, 6.45) is 0. The normalized spacial score (nSPS) is 14.0. The topological polar surface area (TPSA) is 88.3 Å². The van der Waals surface area contributed by atoms with E-state index in [1.54, 1.807) is 12.1 Å². The van der Waals surface area contributed by atoms with E-state index in [9.17, 15) is 8.42 Å². The Morgan fingerprint density at radius 3 is 2.13 bits per heavy atom. The summed E-state index contributed by atoms with van der Waals surface area (Å²) in [5, 5.41) is 11.8. The number of sulfonamides is 1. The van der Waals surface area contributed by atoms with Crippen molar-refractivity contribution in [2.75, 3.05) is 13.1 Å². The lowest BCUT2D eigenvalue weighted by atomic mass is 10.1. The molecular weight excluding hydrogens is 412 g/mol. The fourth-order valence-corrected chi connectivity index (χ4v) is 4.86. The molecule has 0 amide bonds. The van der Waals surface area contributed by atoms with Crippen LogP contribution in [0, 0.1) is 6.92 Å². The first-order chi connectivity index (χ1) is 14.8. The van der Waals surface area contributed by atoms with Crippen LogP contribution in [0.4, 0.5) is 0 Å². The zero-order chi connectivity index (χ0) is 22.6. The van der Waals surface area contributed by atoms with E-state index in [0.717, 1.165) is 11.1 Å². The molecule has 8 heteroatoms. The van der Waals surface area contributed by atoms with E-state index in [1.807, 2.05) is 71.0 Å². The molecule has 31 heavy (non-hydrogen) atoms. The van der Waals surface area contributed by atoms with Crippen LogP contribution in [0.15, 0.2) is 57.8 Å². The molecule has 2 atom stereocenters. The van der Waals surface area contributed by atoms with Crippen LogP contribution in [0.1, 0.15) is 56.8 Å². The first kappa shape index (κ1) is 23.1. The standard InChI is InChI=1S/C23H30N4O3S/c1-6-27(7-2)31(28,29)21-14-12-19(13-15-21)17(4)24-18(5)22-25-26-23(30-22)20-10-8-16(3)9-11-20/h8-15,17-18,24H,6-7H2,1-5H3. The van der Waals surface area contributed by atoms with Gasteiger partial charge in [0.15, 0.2) is 0 Å². The number of nitrogens with zero attached hydrogens (tertiary/aromatic N) is 3. The van der Waals surface area contributed by atoms with E-state index in [1.165, 1.54) is 9.87 Å². The molecule has 166 valence electrons. The van der Waals surface area contributed by atoms with Gasteiger partial charge in [0.2, 0.25) is 21.8 Å². The van der Waals surface area contributed by atoms with Gasteiger partial charge in [0, 0.05) is 24.7 Å². The van der Waals surface area contributed by atoms with Gasteiger partial charge in [0.05, 0.1) is 10.9 Å². The van der Waals surface area contributed by atoms with Crippen LogP contribution in [-0.4, -0.2) is 36.0 Å². The van der Waals surface area contributed by atoms with Gasteiger partial charge < -0.3 is 4.42 Å². The summed E-state index contributed by atoms with van der Waals surface area (Å²) in [6, 6.07) is 14.7. The highest BCUT2D eigenvalue weighted by atomic mass is 32.2. The second-order valence-electron chi connectivity index (χ2n) is 7.58. The molecule has 0 radical (unpaired) electrons. The van der Waals surface area contributed by atoms with Crippen molar-refractivity contribution in [2.45, 2.75) is 51.6 Å². The largest absolute Gasteiger partial charge is 0.419 e. The lowest BCUT2D eigenvalue weighted by Crippen LogP contribution is -2.30. The van der Waals surface area contributed by atoms with Gasteiger partial charge in [-0.1, -0.05) is 43.7 Å². The first-order valence-electron chi connectivity index (χ1n) is 10.5. The average Bonchev–Trinajstić information content (AvgIpc) is 3.25. The van der Waals surface area contributed by atoms with Crippen LogP contribution >= 0.6 is 0 Å². The lowest BCUT2D eigenvalue weighted by Gasteiger charge is -2.20. The van der Waals surface area contributed by atoms with Crippen LogP contribution in [-0.2, 0) is 10.0 Å². The van der Waals surface area contributed by atoms with Gasteiger partial charge >= 0.3 is 0 Å². The maximum absolute atomic E-state index is 12.7. The monoisotopic (exact) mass is 442 g/mol. The Morgan fingerprint density at radius 2 is 1.55 bits per heavy atom. The predicted molar refractivity (Wildman–Crippen MR) is 121 cm³/mol. The summed E-state index contributed by atoms with van der Waals surface area (Å²) < 4.78 is 32.6. The Kier molecular flexibility index (Phi) is 7.25. The Bertz CT molecular complexity index is 1090. The summed E-state index contributed by atoms with van der Waals surface area (Å²) in [6.45, 7) is 10.6. The van der Waals surface area contributed by atoms with Crippen molar-refractivity contribution in [3.63, 3.8) is 0 Å². The predicted octanol–water partition coefficient (Wildman–Crippen LogP) is 4.49. The van der Waals surface area contributed by atoms with Gasteiger partial charge in [-0.2, -0.15) is 4.31 Å². The fraction of sp³-hybridized carbons (Fsp3) is 0.391. The molecule has 0 aliphatic rings. The highest BCUT2D eigenvalue weighted by Crippen LogP contribution is 2.24. The second kappa shape index (κ2) is 9.72. The Labute approximate surface area is 184 Å². The van der Waals surface area contributed by atoms with E-state index >= 15 is 0 Å². The third-order valence-electron chi connectivity index (χ3n) is 5.33. The minimum Gasteiger partial charge on any atom is -0.419 e. The van der Waals surface area contributed by atoms with Crippen molar-refractivity contribution in [3.8, 4) is 11.5 Å². The maximum Gasteiger partial charge on any atom is 0.247 e. The zero-order valence-corrected chi connectivity index (χ0v) is 19.5. The minimum atomic E-state index is -3.46. The summed E-state index contributed by atoms with van der Waals surface area (Å²) in [5.74, 6) is 0.991. The first-order valence-corrected chi connectivity index (χ1v) is 12.0. The van der Waals surface area contributed by atoms with Gasteiger partial charge in [0.25, 0.3) is 0 Å². The van der Waals surface area contributed by atoms with E-state index in [0.29, 0.717) is 29.8 Å². The van der Waals surface area contributed by atoms with Crippen LogP contribution in [0.25, 0.3) is 11.5 Å². The fourth-order valence-electron chi connectivity index (χ4n) is 3.41. The Balaban J connectivity index is 1.69. The molecule has 2 unspecified atom stereocenters. The van der Waals surface area contributed by atoms with Crippen LogP contribution in [0.3, 0.4) is 0 Å². The van der Waals surface area contributed by atoms with Gasteiger partial charge in [-0.3, -0.25) is 5.32 Å². The third-order valence-corrected chi connectivity index (χ3v) is 7.40. The van der Waals surface area contributed by atoms with Crippen LogP contribution in [0.2, 0.25) is 0 Å². The average molecular weight is 443 g/mol. The van der Waals surface area contributed by atoms with Crippen molar-refractivity contribution in [3.05, 3.63) is 65.5 Å². The van der Waals surface area contributed by atoms with Crippen molar-refractivity contribution >= 4 is 10.0 Å². The van der Waals surface area contributed by atoms with Gasteiger partial charge in [-0.25, -0.2) is 8.42 Å². The van der Waals surface area contributed by atoms with E-state index in [4.69, 9.17) is 4.42 Å². The smallest absolute Gasteiger partial charge is 0.247 e. The highest BCUT2D eigenvalue weighted by molar-refractivity contribution is 7.89. The van der Waals surface area contributed by atoms with E-state index < -0.39 is 10.0 Å². The summed E-state index contributed by atoms with van der Waals surface area (Å²) in [5.41, 5.74) is 3.03. The van der Waals surface area contributed by atoms with Crippen molar-refractivity contribution in [1.29, 1.82) is 0 Å². The minimum absolute atomic E-state index is 0.0325.